The van der Waals surface area contributed by atoms with Crippen LogP contribution in [0.15, 0.2) is 126 Å². The molecule has 0 bridgehead atoms. The Kier molecular flexibility index (Phi) is 4.39. The first-order chi connectivity index (χ1) is 16.9. The lowest BCUT2D eigenvalue weighted by Crippen LogP contribution is -1.86. The van der Waals surface area contributed by atoms with Crippen molar-refractivity contribution in [3.63, 3.8) is 0 Å². The summed E-state index contributed by atoms with van der Waals surface area (Å²) in [6.45, 7) is 0. The Labute approximate surface area is 201 Å². The van der Waals surface area contributed by atoms with Crippen LogP contribution in [-0.2, 0) is 0 Å². The fraction of sp³-hybridized carbons (Fsp3) is 0. The number of thiophene rings is 1. The Morgan fingerprint density at radius 2 is 1.03 bits per heavy atom. The number of hydrogen-bond acceptors (Lipinski definition) is 2. The summed E-state index contributed by atoms with van der Waals surface area (Å²) in [6, 6.07) is 42.8. The van der Waals surface area contributed by atoms with Crippen molar-refractivity contribution in [1.29, 1.82) is 0 Å². The van der Waals surface area contributed by atoms with E-state index in [1.165, 1.54) is 36.9 Å². The summed E-state index contributed by atoms with van der Waals surface area (Å²) in [5.74, 6) is 1.85. The van der Waals surface area contributed by atoms with Gasteiger partial charge in [0.15, 0.2) is 0 Å². The minimum Gasteiger partial charge on any atom is -0.455 e. The number of rotatable bonds is 3. The summed E-state index contributed by atoms with van der Waals surface area (Å²) in [5, 5.41) is 4.82. The molecule has 34 heavy (non-hydrogen) atoms. The standard InChI is InChI=1S/C32H20OS/c1-3-11-21(12-4-1)23-19-20-28-29(26-17-9-10-18-27(26)34-28)30(23)32-25-16-8-7-15-24(25)31(33-32)22-13-5-2-6-14-22/h1-20H. The lowest BCUT2D eigenvalue weighted by atomic mass is 9.92. The van der Waals surface area contributed by atoms with Crippen LogP contribution in [0.3, 0.4) is 0 Å². The van der Waals surface area contributed by atoms with E-state index in [4.69, 9.17) is 4.42 Å². The number of benzene rings is 5. The molecule has 0 aliphatic heterocycles. The maximum atomic E-state index is 6.83. The van der Waals surface area contributed by atoms with Gasteiger partial charge in [0.2, 0.25) is 0 Å². The quantitative estimate of drug-likeness (QED) is 0.260. The third-order valence-corrected chi connectivity index (χ3v) is 7.65. The molecule has 2 aromatic heterocycles. The fourth-order valence-corrected chi connectivity index (χ4v) is 6.11. The Morgan fingerprint density at radius 3 is 1.76 bits per heavy atom. The van der Waals surface area contributed by atoms with Gasteiger partial charge in [-0.1, -0.05) is 109 Å². The molecule has 7 rings (SSSR count). The zero-order valence-electron chi connectivity index (χ0n) is 18.4. The largest absolute Gasteiger partial charge is 0.455 e. The second-order valence-electron chi connectivity index (χ2n) is 8.50. The van der Waals surface area contributed by atoms with Crippen LogP contribution >= 0.6 is 11.3 Å². The van der Waals surface area contributed by atoms with Gasteiger partial charge in [-0.3, -0.25) is 0 Å². The number of hydrogen-bond donors (Lipinski definition) is 0. The van der Waals surface area contributed by atoms with Crippen molar-refractivity contribution < 1.29 is 4.42 Å². The summed E-state index contributed by atoms with van der Waals surface area (Å²) in [6.07, 6.45) is 0. The highest BCUT2D eigenvalue weighted by molar-refractivity contribution is 7.26. The highest BCUT2D eigenvalue weighted by Gasteiger charge is 2.23. The molecule has 0 saturated heterocycles. The van der Waals surface area contributed by atoms with Crippen molar-refractivity contribution in [2.75, 3.05) is 0 Å². The molecule has 0 amide bonds. The summed E-state index contributed by atoms with van der Waals surface area (Å²) < 4.78 is 9.40. The van der Waals surface area contributed by atoms with Gasteiger partial charge in [0.1, 0.15) is 11.5 Å². The van der Waals surface area contributed by atoms with Gasteiger partial charge in [-0.15, -0.1) is 11.3 Å². The van der Waals surface area contributed by atoms with E-state index in [1.807, 2.05) is 17.4 Å². The minimum absolute atomic E-state index is 0.918. The van der Waals surface area contributed by atoms with Crippen molar-refractivity contribution in [1.82, 2.24) is 0 Å². The molecule has 0 radical (unpaired) electrons. The van der Waals surface area contributed by atoms with Gasteiger partial charge in [0.25, 0.3) is 0 Å². The maximum absolute atomic E-state index is 6.83. The average Bonchev–Trinajstić information content (AvgIpc) is 3.48. The van der Waals surface area contributed by atoms with Crippen LogP contribution in [0.1, 0.15) is 0 Å². The molecule has 0 fully saturated rings. The first-order valence-corrected chi connectivity index (χ1v) is 12.3. The lowest BCUT2D eigenvalue weighted by molar-refractivity contribution is 0.603. The van der Waals surface area contributed by atoms with Crippen molar-refractivity contribution >= 4 is 42.3 Å². The van der Waals surface area contributed by atoms with Gasteiger partial charge in [-0.05, 0) is 23.3 Å². The monoisotopic (exact) mass is 452 g/mol. The summed E-state index contributed by atoms with van der Waals surface area (Å²) in [7, 11) is 0. The summed E-state index contributed by atoms with van der Waals surface area (Å²) >= 11 is 1.84. The van der Waals surface area contributed by atoms with Gasteiger partial charge in [-0.2, -0.15) is 0 Å². The highest BCUT2D eigenvalue weighted by atomic mass is 32.1. The topological polar surface area (TPSA) is 13.1 Å². The summed E-state index contributed by atoms with van der Waals surface area (Å²) in [4.78, 5) is 0. The molecular formula is C32H20OS. The molecule has 160 valence electrons. The Hall–Kier alpha value is -4.14. The predicted molar refractivity (Wildman–Crippen MR) is 145 cm³/mol. The first-order valence-electron chi connectivity index (χ1n) is 11.5. The van der Waals surface area contributed by atoms with Gasteiger partial charge in [-0.25, -0.2) is 0 Å². The van der Waals surface area contributed by atoms with E-state index in [9.17, 15) is 0 Å². The maximum Gasteiger partial charge on any atom is 0.143 e. The minimum atomic E-state index is 0.918. The predicted octanol–water partition coefficient (Wildman–Crippen LogP) is 9.80. The lowest BCUT2D eigenvalue weighted by Gasteiger charge is -2.11. The van der Waals surface area contributed by atoms with E-state index < -0.39 is 0 Å². The van der Waals surface area contributed by atoms with Gasteiger partial charge in [0.05, 0.1) is 0 Å². The molecule has 5 aromatic carbocycles. The van der Waals surface area contributed by atoms with Crippen molar-refractivity contribution in [3.8, 4) is 33.8 Å². The van der Waals surface area contributed by atoms with E-state index >= 15 is 0 Å². The second kappa shape index (κ2) is 7.72. The van der Waals surface area contributed by atoms with E-state index in [2.05, 4.69) is 115 Å². The van der Waals surface area contributed by atoms with Crippen LogP contribution in [0.2, 0.25) is 0 Å². The van der Waals surface area contributed by atoms with Crippen molar-refractivity contribution in [2.45, 2.75) is 0 Å². The molecule has 0 atom stereocenters. The van der Waals surface area contributed by atoms with Crippen LogP contribution in [0.5, 0.6) is 0 Å². The zero-order valence-corrected chi connectivity index (χ0v) is 19.2. The molecule has 0 N–H and O–H groups in total. The third-order valence-electron chi connectivity index (χ3n) is 6.51. The molecule has 0 aliphatic rings. The van der Waals surface area contributed by atoms with E-state index in [0.29, 0.717) is 0 Å². The van der Waals surface area contributed by atoms with Crippen molar-refractivity contribution in [3.05, 3.63) is 121 Å². The SMILES string of the molecule is c1ccc(-c2ccc3sc4ccccc4c3c2-c2oc(-c3ccccc3)c3ccccc23)cc1. The van der Waals surface area contributed by atoms with Crippen LogP contribution < -0.4 is 0 Å². The number of fused-ring (bicyclic) bond motifs is 4. The van der Waals surface area contributed by atoms with E-state index in [-0.39, 0.29) is 0 Å². The fourth-order valence-electron chi connectivity index (χ4n) is 4.99. The Bertz CT molecular complexity index is 1790. The molecule has 1 nitrogen and oxygen atoms in total. The summed E-state index contributed by atoms with van der Waals surface area (Å²) in [5.41, 5.74) is 4.64. The molecule has 2 heteroatoms. The highest BCUT2D eigenvalue weighted by Crippen LogP contribution is 2.48. The van der Waals surface area contributed by atoms with Gasteiger partial charge in [0, 0.05) is 42.1 Å². The normalized spacial score (nSPS) is 11.5. The third kappa shape index (κ3) is 2.93. The molecular weight excluding hydrogens is 432 g/mol. The Balaban J connectivity index is 1.66. The average molecular weight is 453 g/mol. The second-order valence-corrected chi connectivity index (χ2v) is 9.58. The van der Waals surface area contributed by atoms with E-state index in [0.717, 1.165) is 27.9 Å². The van der Waals surface area contributed by atoms with Gasteiger partial charge >= 0.3 is 0 Å². The van der Waals surface area contributed by atoms with Crippen LogP contribution in [0.4, 0.5) is 0 Å². The molecule has 0 saturated carbocycles. The molecule has 0 unspecified atom stereocenters. The van der Waals surface area contributed by atoms with Crippen LogP contribution in [0.25, 0.3) is 64.7 Å². The van der Waals surface area contributed by atoms with Crippen LogP contribution in [-0.4, -0.2) is 0 Å². The van der Waals surface area contributed by atoms with Crippen molar-refractivity contribution in [2.24, 2.45) is 0 Å². The van der Waals surface area contributed by atoms with Crippen LogP contribution in [0, 0.1) is 0 Å². The van der Waals surface area contributed by atoms with E-state index in [1.54, 1.807) is 0 Å². The molecule has 2 heterocycles. The smallest absolute Gasteiger partial charge is 0.143 e. The zero-order chi connectivity index (χ0) is 22.5. The first kappa shape index (κ1) is 19.3. The molecule has 7 aromatic rings. The molecule has 0 aliphatic carbocycles. The molecule has 0 spiro atoms. The van der Waals surface area contributed by atoms with Gasteiger partial charge < -0.3 is 4.42 Å². The Morgan fingerprint density at radius 1 is 0.441 bits per heavy atom. The number of furan rings is 1.